The molecule has 1 N–H and O–H groups in total. The van der Waals surface area contributed by atoms with Crippen LogP contribution in [-0.4, -0.2) is 42.9 Å². The highest BCUT2D eigenvalue weighted by Crippen LogP contribution is 2.16. The SMILES string of the molecule is CCCCCCCC/C=C/CCCCCCCC[N+](C)(CCO)CCCCCCCCCCCCCCCCCC. The first-order chi connectivity index (χ1) is 20.2. The molecule has 1 atom stereocenters. The van der Waals surface area contributed by atoms with Gasteiger partial charge in [0.15, 0.2) is 0 Å². The minimum Gasteiger partial charge on any atom is -0.391 e. The van der Waals surface area contributed by atoms with Gasteiger partial charge in [0.2, 0.25) is 0 Å². The fraction of sp³-hybridized carbons (Fsp3) is 0.949. The molecule has 41 heavy (non-hydrogen) atoms. The van der Waals surface area contributed by atoms with E-state index < -0.39 is 0 Å². The van der Waals surface area contributed by atoms with Gasteiger partial charge in [-0.1, -0.05) is 167 Å². The minimum absolute atomic E-state index is 0.335. The number of quaternary nitrogens is 1. The lowest BCUT2D eigenvalue weighted by Gasteiger charge is -2.34. The zero-order chi connectivity index (χ0) is 30.0. The molecule has 0 spiro atoms. The lowest BCUT2D eigenvalue weighted by atomic mass is 10.0. The maximum atomic E-state index is 9.65. The van der Waals surface area contributed by atoms with Crippen LogP contribution in [0.2, 0.25) is 0 Å². The Bertz CT molecular complexity index is 504. The summed E-state index contributed by atoms with van der Waals surface area (Å²) in [4.78, 5) is 0. The van der Waals surface area contributed by atoms with Gasteiger partial charge < -0.3 is 9.59 Å². The number of aliphatic hydroxyl groups is 1. The average molecular weight is 579 g/mol. The molecule has 0 aromatic rings. The Kier molecular flexibility index (Phi) is 33.9. The topological polar surface area (TPSA) is 20.2 Å². The number of rotatable bonds is 35. The Morgan fingerprint density at radius 1 is 0.366 bits per heavy atom. The van der Waals surface area contributed by atoms with E-state index in [0.29, 0.717) is 6.61 Å². The van der Waals surface area contributed by atoms with Gasteiger partial charge in [-0.15, -0.1) is 0 Å². The zero-order valence-electron chi connectivity index (χ0n) is 29.1. The van der Waals surface area contributed by atoms with Crippen molar-refractivity contribution in [2.24, 2.45) is 0 Å². The second kappa shape index (κ2) is 34.2. The van der Waals surface area contributed by atoms with E-state index in [4.69, 9.17) is 0 Å². The number of hydrogen-bond donors (Lipinski definition) is 1. The van der Waals surface area contributed by atoms with E-state index in [1.807, 2.05) is 0 Å². The van der Waals surface area contributed by atoms with Gasteiger partial charge in [-0.2, -0.15) is 0 Å². The monoisotopic (exact) mass is 579 g/mol. The van der Waals surface area contributed by atoms with Gasteiger partial charge in [0.1, 0.15) is 6.54 Å². The molecule has 0 aromatic heterocycles. The molecule has 2 heteroatoms. The van der Waals surface area contributed by atoms with Gasteiger partial charge in [-0.05, 0) is 51.4 Å². The fourth-order valence-corrected chi connectivity index (χ4v) is 6.36. The van der Waals surface area contributed by atoms with E-state index >= 15 is 0 Å². The van der Waals surface area contributed by atoms with Crippen LogP contribution in [-0.2, 0) is 0 Å². The van der Waals surface area contributed by atoms with Crippen molar-refractivity contribution in [3.05, 3.63) is 12.2 Å². The van der Waals surface area contributed by atoms with Crippen molar-refractivity contribution < 1.29 is 9.59 Å². The summed E-state index contributed by atoms with van der Waals surface area (Å²) in [7, 11) is 2.39. The molecule has 2 nitrogen and oxygen atoms in total. The summed E-state index contributed by atoms with van der Waals surface area (Å²) < 4.78 is 1.08. The van der Waals surface area contributed by atoms with Crippen LogP contribution in [0.4, 0.5) is 0 Å². The molecule has 0 amide bonds. The summed E-state index contributed by atoms with van der Waals surface area (Å²) in [6.45, 7) is 8.37. The van der Waals surface area contributed by atoms with E-state index in [1.54, 1.807) is 0 Å². The molecule has 0 aliphatic rings. The van der Waals surface area contributed by atoms with E-state index in [-0.39, 0.29) is 0 Å². The predicted molar refractivity (Wildman–Crippen MR) is 187 cm³/mol. The maximum absolute atomic E-state index is 9.65. The molecule has 1 unspecified atom stereocenters. The molecule has 0 saturated carbocycles. The summed E-state index contributed by atoms with van der Waals surface area (Å²) in [5.74, 6) is 0. The standard InChI is InChI=1S/C39H80NO/c1-4-6-8-10-12-14-16-18-20-22-24-26-28-30-32-34-36-40(3,38-39-41)37-35-33-31-29-27-25-23-21-19-17-15-13-11-9-7-5-2/h18,20,41H,4-17,19,21-39H2,1-3H3/q+1/b20-18+. The van der Waals surface area contributed by atoms with Crippen molar-refractivity contribution in [2.45, 2.75) is 206 Å². The van der Waals surface area contributed by atoms with Crippen LogP contribution in [0.15, 0.2) is 12.2 Å². The van der Waals surface area contributed by atoms with Crippen LogP contribution in [0, 0.1) is 0 Å². The second-order valence-corrected chi connectivity index (χ2v) is 13.8. The zero-order valence-corrected chi connectivity index (χ0v) is 29.1. The van der Waals surface area contributed by atoms with E-state index in [0.717, 1.165) is 11.0 Å². The highest BCUT2D eigenvalue weighted by Gasteiger charge is 2.19. The van der Waals surface area contributed by atoms with Crippen molar-refractivity contribution in [2.75, 3.05) is 33.3 Å². The van der Waals surface area contributed by atoms with Gasteiger partial charge >= 0.3 is 0 Å². The largest absolute Gasteiger partial charge is 0.391 e. The van der Waals surface area contributed by atoms with Crippen molar-refractivity contribution in [3.63, 3.8) is 0 Å². The van der Waals surface area contributed by atoms with Crippen LogP contribution < -0.4 is 0 Å². The highest BCUT2D eigenvalue weighted by atomic mass is 16.3. The molecule has 0 radical (unpaired) electrons. The molecule has 0 fully saturated rings. The molecule has 0 heterocycles. The van der Waals surface area contributed by atoms with Gasteiger partial charge in [-0.25, -0.2) is 0 Å². The first-order valence-electron chi connectivity index (χ1n) is 19.3. The fourth-order valence-electron chi connectivity index (χ4n) is 6.36. The summed E-state index contributed by atoms with van der Waals surface area (Å²) in [5.41, 5.74) is 0. The molecular weight excluding hydrogens is 498 g/mol. The van der Waals surface area contributed by atoms with Crippen LogP contribution >= 0.6 is 0 Å². The van der Waals surface area contributed by atoms with E-state index in [9.17, 15) is 5.11 Å². The number of aliphatic hydroxyl groups excluding tert-OH is 1. The Balaban J connectivity index is 3.54. The lowest BCUT2D eigenvalue weighted by Crippen LogP contribution is -2.47. The lowest BCUT2D eigenvalue weighted by molar-refractivity contribution is -0.910. The molecule has 0 aliphatic heterocycles. The molecule has 0 rings (SSSR count). The number of nitrogens with zero attached hydrogens (tertiary/aromatic N) is 1. The second-order valence-electron chi connectivity index (χ2n) is 13.8. The first-order valence-corrected chi connectivity index (χ1v) is 19.3. The number of allylic oxidation sites excluding steroid dienone is 2. The van der Waals surface area contributed by atoms with Gasteiger partial charge in [0.05, 0.1) is 26.7 Å². The van der Waals surface area contributed by atoms with Crippen LogP contribution in [0.3, 0.4) is 0 Å². The molecule has 0 saturated heterocycles. The minimum atomic E-state index is 0.335. The number of likely N-dealkylation sites (N-methyl/N-ethyl adjacent to an activating group) is 1. The summed E-state index contributed by atoms with van der Waals surface area (Å²) in [6.07, 6.45) is 47.0. The summed E-state index contributed by atoms with van der Waals surface area (Å²) >= 11 is 0. The predicted octanol–water partition coefficient (Wildman–Crippen LogP) is 12.7. The van der Waals surface area contributed by atoms with Gasteiger partial charge in [0, 0.05) is 0 Å². The molecule has 0 bridgehead atoms. The normalized spacial score (nSPS) is 13.4. The Hall–Kier alpha value is -0.340. The number of hydrogen-bond acceptors (Lipinski definition) is 1. The van der Waals surface area contributed by atoms with Crippen molar-refractivity contribution in [1.82, 2.24) is 0 Å². The Labute approximate surface area is 261 Å². The molecule has 0 aliphatic carbocycles. The smallest absolute Gasteiger partial charge is 0.102 e. The summed E-state index contributed by atoms with van der Waals surface area (Å²) in [6, 6.07) is 0. The van der Waals surface area contributed by atoms with Crippen molar-refractivity contribution in [3.8, 4) is 0 Å². The Morgan fingerprint density at radius 3 is 0.927 bits per heavy atom. The van der Waals surface area contributed by atoms with Gasteiger partial charge in [0.25, 0.3) is 0 Å². The first kappa shape index (κ1) is 40.7. The summed E-state index contributed by atoms with van der Waals surface area (Å²) in [5, 5.41) is 9.65. The third-order valence-corrected chi connectivity index (χ3v) is 9.40. The van der Waals surface area contributed by atoms with E-state index in [2.05, 4.69) is 33.0 Å². The molecular formula is C39H80NO+. The third-order valence-electron chi connectivity index (χ3n) is 9.40. The third kappa shape index (κ3) is 32.4. The molecule has 246 valence electrons. The quantitative estimate of drug-likeness (QED) is 0.0450. The van der Waals surface area contributed by atoms with Crippen molar-refractivity contribution in [1.29, 1.82) is 0 Å². The number of unbranched alkanes of at least 4 members (excludes halogenated alkanes) is 27. The average Bonchev–Trinajstić information content (AvgIpc) is 2.97. The molecule has 0 aromatic carbocycles. The Morgan fingerprint density at radius 2 is 0.634 bits per heavy atom. The van der Waals surface area contributed by atoms with E-state index in [1.165, 1.54) is 206 Å². The van der Waals surface area contributed by atoms with Crippen LogP contribution in [0.5, 0.6) is 0 Å². The highest BCUT2D eigenvalue weighted by molar-refractivity contribution is 4.81. The maximum Gasteiger partial charge on any atom is 0.102 e. The van der Waals surface area contributed by atoms with Gasteiger partial charge in [-0.3, -0.25) is 0 Å². The van der Waals surface area contributed by atoms with Crippen molar-refractivity contribution >= 4 is 0 Å². The van der Waals surface area contributed by atoms with Crippen LogP contribution in [0.25, 0.3) is 0 Å². The van der Waals surface area contributed by atoms with Crippen LogP contribution in [0.1, 0.15) is 206 Å².